The number of non-ortho nitro benzene ring substituents is 1. The number of carbonyl (C=O) groups is 1. The van der Waals surface area contributed by atoms with Crippen LogP contribution in [0, 0.1) is 10.1 Å². The van der Waals surface area contributed by atoms with Crippen LogP contribution >= 0.6 is 12.4 Å². The van der Waals surface area contributed by atoms with Crippen molar-refractivity contribution >= 4 is 24.1 Å². The molecule has 0 bridgehead atoms. The summed E-state index contributed by atoms with van der Waals surface area (Å²) in [5.74, 6) is -0.242. The van der Waals surface area contributed by atoms with E-state index >= 15 is 0 Å². The highest BCUT2D eigenvalue weighted by Crippen LogP contribution is 2.12. The van der Waals surface area contributed by atoms with Crippen LogP contribution in [0.4, 0.5) is 5.69 Å². The number of rotatable bonds is 5. The highest BCUT2D eigenvalue weighted by molar-refractivity contribution is 5.85. The van der Waals surface area contributed by atoms with Gasteiger partial charge in [0.25, 0.3) is 5.69 Å². The maximum Gasteiger partial charge on any atom is 0.374 e. The molecule has 0 amide bonds. The van der Waals surface area contributed by atoms with Crippen LogP contribution in [0.1, 0.15) is 16.2 Å². The van der Waals surface area contributed by atoms with Crippen molar-refractivity contribution in [2.24, 2.45) is 7.05 Å². The fraction of sp³-hybridized carbons (Fsp3) is 0.231. The van der Waals surface area contributed by atoms with Crippen LogP contribution in [0.2, 0.25) is 0 Å². The van der Waals surface area contributed by atoms with Crippen LogP contribution in [0.5, 0.6) is 0 Å². The summed E-state index contributed by atoms with van der Waals surface area (Å²) < 4.78 is 6.67. The molecule has 0 saturated heterocycles. The lowest BCUT2D eigenvalue weighted by molar-refractivity contribution is -0.384. The van der Waals surface area contributed by atoms with Crippen molar-refractivity contribution in [1.29, 1.82) is 0 Å². The second-order valence-electron chi connectivity index (χ2n) is 4.17. The summed E-state index contributed by atoms with van der Waals surface area (Å²) in [6.45, 7) is 0.198. The minimum atomic E-state index is -0.487. The van der Waals surface area contributed by atoms with Crippen LogP contribution < -0.4 is 0 Å². The zero-order valence-electron chi connectivity index (χ0n) is 11.3. The number of hydrogen-bond donors (Lipinski definition) is 0. The topological polar surface area (TPSA) is 87.3 Å². The Bertz CT molecular complexity index is 625. The molecule has 8 heteroatoms. The number of aromatic nitrogens is 2. The molecule has 2 rings (SSSR count). The molecule has 0 fully saturated rings. The summed E-state index contributed by atoms with van der Waals surface area (Å²) in [5.41, 5.74) is 0.905. The lowest BCUT2D eigenvalue weighted by Crippen LogP contribution is -2.13. The van der Waals surface area contributed by atoms with E-state index in [9.17, 15) is 14.9 Å². The van der Waals surface area contributed by atoms with E-state index in [1.54, 1.807) is 29.9 Å². The first-order chi connectivity index (χ1) is 9.58. The SMILES string of the molecule is Cl.Cn1ccnc1C(=O)OCCc1ccc([N+](=O)[O-])cc1. The zero-order chi connectivity index (χ0) is 14.5. The van der Waals surface area contributed by atoms with Gasteiger partial charge in [-0.25, -0.2) is 9.78 Å². The van der Waals surface area contributed by atoms with Gasteiger partial charge in [-0.1, -0.05) is 12.1 Å². The number of esters is 1. The zero-order valence-corrected chi connectivity index (χ0v) is 12.1. The van der Waals surface area contributed by atoms with Crippen molar-refractivity contribution in [2.75, 3.05) is 6.61 Å². The van der Waals surface area contributed by atoms with Crippen LogP contribution in [-0.2, 0) is 18.2 Å². The Hall–Kier alpha value is -2.41. The number of nitrogens with zero attached hydrogens (tertiary/aromatic N) is 3. The minimum Gasteiger partial charge on any atom is -0.459 e. The quantitative estimate of drug-likeness (QED) is 0.479. The molecular weight excluding hydrogens is 298 g/mol. The summed E-state index contributed by atoms with van der Waals surface area (Å²) in [7, 11) is 1.71. The summed E-state index contributed by atoms with van der Waals surface area (Å²) in [5, 5.41) is 10.5. The fourth-order valence-corrected chi connectivity index (χ4v) is 1.67. The van der Waals surface area contributed by atoms with E-state index in [0.717, 1.165) is 5.56 Å². The first kappa shape index (κ1) is 16.6. The molecule has 7 nitrogen and oxygen atoms in total. The molecule has 0 unspecified atom stereocenters. The Kier molecular flexibility index (Phi) is 5.86. The van der Waals surface area contributed by atoms with Crippen molar-refractivity contribution in [1.82, 2.24) is 9.55 Å². The van der Waals surface area contributed by atoms with E-state index < -0.39 is 10.9 Å². The maximum atomic E-state index is 11.7. The molecule has 1 aromatic carbocycles. The predicted molar refractivity (Wildman–Crippen MR) is 77.5 cm³/mol. The van der Waals surface area contributed by atoms with Gasteiger partial charge in [0, 0.05) is 38.0 Å². The highest BCUT2D eigenvalue weighted by Gasteiger charge is 2.12. The van der Waals surface area contributed by atoms with Crippen molar-refractivity contribution in [3.05, 3.63) is 58.2 Å². The number of imidazole rings is 1. The second kappa shape index (κ2) is 7.39. The van der Waals surface area contributed by atoms with Gasteiger partial charge < -0.3 is 9.30 Å². The number of nitro groups is 1. The number of aryl methyl sites for hydroxylation is 1. The third-order valence-electron chi connectivity index (χ3n) is 2.77. The monoisotopic (exact) mass is 311 g/mol. The molecule has 0 N–H and O–H groups in total. The average Bonchev–Trinajstić information content (AvgIpc) is 2.85. The first-order valence-corrected chi connectivity index (χ1v) is 5.95. The minimum absolute atomic E-state index is 0. The molecule has 2 aromatic rings. The van der Waals surface area contributed by atoms with E-state index in [1.165, 1.54) is 18.3 Å². The van der Waals surface area contributed by atoms with Gasteiger partial charge in [0.2, 0.25) is 5.82 Å². The third kappa shape index (κ3) is 4.28. The van der Waals surface area contributed by atoms with Crippen molar-refractivity contribution in [3.8, 4) is 0 Å². The molecule has 0 spiro atoms. The van der Waals surface area contributed by atoms with E-state index in [2.05, 4.69) is 4.98 Å². The third-order valence-corrected chi connectivity index (χ3v) is 2.77. The smallest absolute Gasteiger partial charge is 0.374 e. The Balaban J connectivity index is 0.00000220. The predicted octanol–water partition coefficient (Wildman–Crippen LogP) is 2.15. The van der Waals surface area contributed by atoms with Crippen molar-refractivity contribution < 1.29 is 14.5 Å². The van der Waals surface area contributed by atoms with E-state index in [1.807, 2.05) is 0 Å². The van der Waals surface area contributed by atoms with Gasteiger partial charge >= 0.3 is 5.97 Å². The molecule has 0 atom stereocenters. The van der Waals surface area contributed by atoms with E-state index in [4.69, 9.17) is 4.74 Å². The van der Waals surface area contributed by atoms with Crippen molar-refractivity contribution in [2.45, 2.75) is 6.42 Å². The van der Waals surface area contributed by atoms with E-state index in [0.29, 0.717) is 6.42 Å². The highest BCUT2D eigenvalue weighted by atomic mass is 35.5. The summed E-state index contributed by atoms with van der Waals surface area (Å²) >= 11 is 0. The molecule has 1 aromatic heterocycles. The van der Waals surface area contributed by atoms with Gasteiger partial charge in [0.15, 0.2) is 0 Å². The Morgan fingerprint density at radius 1 is 1.38 bits per heavy atom. The van der Waals surface area contributed by atoms with Crippen LogP contribution in [0.15, 0.2) is 36.7 Å². The molecule has 0 aliphatic carbocycles. The molecule has 21 heavy (non-hydrogen) atoms. The van der Waals surface area contributed by atoms with Gasteiger partial charge in [-0.2, -0.15) is 0 Å². The van der Waals surface area contributed by atoms with Crippen molar-refractivity contribution in [3.63, 3.8) is 0 Å². The van der Waals surface area contributed by atoms with Gasteiger partial charge in [0.1, 0.15) is 0 Å². The summed E-state index contributed by atoms with van der Waals surface area (Å²) in [6, 6.07) is 6.14. The largest absolute Gasteiger partial charge is 0.459 e. The van der Waals surface area contributed by atoms with Gasteiger partial charge in [-0.3, -0.25) is 10.1 Å². The standard InChI is InChI=1S/C13H13N3O4.ClH/c1-15-8-7-14-12(15)13(17)20-9-6-10-2-4-11(5-3-10)16(18)19;/h2-5,7-8H,6,9H2,1H3;1H. The molecule has 0 saturated carbocycles. The molecule has 0 aliphatic heterocycles. The average molecular weight is 312 g/mol. The second-order valence-corrected chi connectivity index (χ2v) is 4.17. The lowest BCUT2D eigenvalue weighted by atomic mass is 10.1. The van der Waals surface area contributed by atoms with Crippen LogP contribution in [0.25, 0.3) is 0 Å². The van der Waals surface area contributed by atoms with Gasteiger partial charge in [0.05, 0.1) is 11.5 Å². The molecular formula is C13H14ClN3O4. The van der Waals surface area contributed by atoms with Gasteiger partial charge in [-0.05, 0) is 5.56 Å². The molecule has 0 aliphatic rings. The summed E-state index contributed by atoms with van der Waals surface area (Å²) in [6.07, 6.45) is 3.67. The van der Waals surface area contributed by atoms with Gasteiger partial charge in [-0.15, -0.1) is 12.4 Å². The number of ether oxygens (including phenoxy) is 1. The lowest BCUT2D eigenvalue weighted by Gasteiger charge is -2.04. The maximum absolute atomic E-state index is 11.7. The number of benzene rings is 1. The van der Waals surface area contributed by atoms with Crippen LogP contribution in [0.3, 0.4) is 0 Å². The summed E-state index contributed by atoms with van der Waals surface area (Å²) in [4.78, 5) is 25.6. The molecule has 112 valence electrons. The fourth-order valence-electron chi connectivity index (χ4n) is 1.67. The number of hydrogen-bond acceptors (Lipinski definition) is 5. The number of carbonyl (C=O) groups excluding carboxylic acids is 1. The number of nitro benzene ring substituents is 1. The molecule has 0 radical (unpaired) electrons. The Labute approximate surface area is 127 Å². The van der Waals surface area contributed by atoms with Crippen LogP contribution in [-0.4, -0.2) is 27.1 Å². The first-order valence-electron chi connectivity index (χ1n) is 5.95. The Morgan fingerprint density at radius 3 is 2.57 bits per heavy atom. The molecule has 1 heterocycles. The van der Waals surface area contributed by atoms with E-state index in [-0.39, 0.29) is 30.5 Å². The normalized spacial score (nSPS) is 9.76. The number of halogens is 1. The Morgan fingerprint density at radius 2 is 2.05 bits per heavy atom.